The number of nitrogens with two attached hydrogens (primary N) is 1. The van der Waals surface area contributed by atoms with Crippen molar-refractivity contribution in [2.24, 2.45) is 11.7 Å². The third kappa shape index (κ3) is 2.08. The van der Waals surface area contributed by atoms with Crippen LogP contribution in [0.4, 0.5) is 0 Å². The first-order valence-electron chi connectivity index (χ1n) is 6.42. The molecule has 3 nitrogen and oxygen atoms in total. The van der Waals surface area contributed by atoms with Gasteiger partial charge >= 0.3 is 0 Å². The summed E-state index contributed by atoms with van der Waals surface area (Å²) in [4.78, 5) is 4.58. The third-order valence-electron chi connectivity index (χ3n) is 3.81. The molecule has 18 heavy (non-hydrogen) atoms. The van der Waals surface area contributed by atoms with Crippen molar-refractivity contribution in [3.8, 4) is 0 Å². The molecule has 0 bridgehead atoms. The number of aromatic nitrogens is 1. The Kier molecular flexibility index (Phi) is 2.94. The summed E-state index contributed by atoms with van der Waals surface area (Å²) in [7, 11) is 0. The second-order valence-corrected chi connectivity index (χ2v) is 6.40. The molecular formula is C14H17BrN2O. The fourth-order valence-electron chi connectivity index (χ4n) is 2.90. The molecule has 2 atom stereocenters. The molecule has 0 radical (unpaired) electrons. The van der Waals surface area contributed by atoms with E-state index in [1.807, 2.05) is 18.2 Å². The monoisotopic (exact) mass is 308 g/mol. The zero-order chi connectivity index (χ0) is 12.8. The maximum atomic E-state index is 6.50. The van der Waals surface area contributed by atoms with Crippen LogP contribution < -0.4 is 5.73 Å². The Balaban J connectivity index is 2.03. The Bertz CT molecular complexity index is 580. The number of fused-ring (bicyclic) bond motifs is 1. The fourth-order valence-corrected chi connectivity index (χ4v) is 3.25. The van der Waals surface area contributed by atoms with E-state index in [1.54, 1.807) is 0 Å². The average Bonchev–Trinajstić information content (AvgIpc) is 2.72. The van der Waals surface area contributed by atoms with Gasteiger partial charge in [-0.1, -0.05) is 35.7 Å². The number of hydrogen-bond donors (Lipinski definition) is 1. The molecule has 1 aliphatic rings. The Morgan fingerprint density at radius 2 is 2.33 bits per heavy atom. The van der Waals surface area contributed by atoms with Crippen LogP contribution in [0.15, 0.2) is 27.1 Å². The molecule has 1 aromatic carbocycles. The van der Waals surface area contributed by atoms with Crippen molar-refractivity contribution in [1.82, 2.24) is 4.98 Å². The van der Waals surface area contributed by atoms with Gasteiger partial charge in [-0.05, 0) is 37.0 Å². The molecule has 2 unspecified atom stereocenters. The van der Waals surface area contributed by atoms with E-state index in [4.69, 9.17) is 10.2 Å². The van der Waals surface area contributed by atoms with Gasteiger partial charge in [-0.25, -0.2) is 4.98 Å². The lowest BCUT2D eigenvalue weighted by Crippen LogP contribution is -2.41. The molecule has 1 aromatic heterocycles. The highest BCUT2D eigenvalue weighted by Gasteiger charge is 2.37. The standard InChI is InChI=1S/C14H17BrN2O/c1-9-3-2-6-14(16,8-9)13-17-11-7-10(15)4-5-12(11)18-13/h4-5,7,9H,2-3,6,8,16H2,1H3. The van der Waals surface area contributed by atoms with Crippen LogP contribution in [0.25, 0.3) is 11.1 Å². The molecule has 0 amide bonds. The molecular weight excluding hydrogens is 292 g/mol. The van der Waals surface area contributed by atoms with Crippen LogP contribution in [0, 0.1) is 5.92 Å². The molecule has 1 fully saturated rings. The number of rotatable bonds is 1. The SMILES string of the molecule is CC1CCCC(N)(c2nc3cc(Br)ccc3o2)C1. The van der Waals surface area contributed by atoms with Gasteiger partial charge in [-0.2, -0.15) is 0 Å². The summed E-state index contributed by atoms with van der Waals surface area (Å²) in [5.74, 6) is 1.34. The topological polar surface area (TPSA) is 52.0 Å². The van der Waals surface area contributed by atoms with Gasteiger partial charge in [0.15, 0.2) is 5.58 Å². The zero-order valence-corrected chi connectivity index (χ0v) is 12.0. The predicted molar refractivity (Wildman–Crippen MR) is 75.2 cm³/mol. The first-order valence-corrected chi connectivity index (χ1v) is 7.22. The molecule has 1 heterocycles. The van der Waals surface area contributed by atoms with Crippen LogP contribution >= 0.6 is 15.9 Å². The van der Waals surface area contributed by atoms with E-state index in [9.17, 15) is 0 Å². The smallest absolute Gasteiger partial charge is 0.215 e. The van der Waals surface area contributed by atoms with E-state index in [-0.39, 0.29) is 5.54 Å². The van der Waals surface area contributed by atoms with E-state index < -0.39 is 0 Å². The highest BCUT2D eigenvalue weighted by atomic mass is 79.9. The van der Waals surface area contributed by atoms with Crippen molar-refractivity contribution < 1.29 is 4.42 Å². The molecule has 2 aromatic rings. The van der Waals surface area contributed by atoms with Gasteiger partial charge in [0.1, 0.15) is 5.52 Å². The van der Waals surface area contributed by atoms with Crippen molar-refractivity contribution in [3.05, 3.63) is 28.6 Å². The quantitative estimate of drug-likeness (QED) is 0.867. The van der Waals surface area contributed by atoms with Gasteiger partial charge in [0, 0.05) is 4.47 Å². The third-order valence-corrected chi connectivity index (χ3v) is 4.30. The number of nitrogens with zero attached hydrogens (tertiary/aromatic N) is 1. The van der Waals surface area contributed by atoms with Crippen LogP contribution in [0.2, 0.25) is 0 Å². The summed E-state index contributed by atoms with van der Waals surface area (Å²) in [6, 6.07) is 5.87. The van der Waals surface area contributed by atoms with Gasteiger partial charge < -0.3 is 10.2 Å². The lowest BCUT2D eigenvalue weighted by Gasteiger charge is -2.33. The van der Waals surface area contributed by atoms with Crippen molar-refractivity contribution in [2.45, 2.75) is 38.1 Å². The highest BCUT2D eigenvalue weighted by molar-refractivity contribution is 9.10. The molecule has 3 rings (SSSR count). The van der Waals surface area contributed by atoms with Crippen molar-refractivity contribution in [3.63, 3.8) is 0 Å². The average molecular weight is 309 g/mol. The Hall–Kier alpha value is -0.870. The summed E-state index contributed by atoms with van der Waals surface area (Å²) in [6.07, 6.45) is 4.33. The maximum Gasteiger partial charge on any atom is 0.215 e. The van der Waals surface area contributed by atoms with Gasteiger partial charge in [0.25, 0.3) is 0 Å². The first-order chi connectivity index (χ1) is 8.57. The highest BCUT2D eigenvalue weighted by Crippen LogP contribution is 2.38. The molecule has 2 N–H and O–H groups in total. The second-order valence-electron chi connectivity index (χ2n) is 5.49. The van der Waals surface area contributed by atoms with Crippen molar-refractivity contribution in [2.75, 3.05) is 0 Å². The zero-order valence-electron chi connectivity index (χ0n) is 10.4. The minimum Gasteiger partial charge on any atom is -0.439 e. The van der Waals surface area contributed by atoms with Crippen LogP contribution in [-0.2, 0) is 5.54 Å². The van der Waals surface area contributed by atoms with Crippen molar-refractivity contribution in [1.29, 1.82) is 0 Å². The largest absolute Gasteiger partial charge is 0.439 e. The summed E-state index contributed by atoms with van der Waals surface area (Å²) >= 11 is 3.45. The van der Waals surface area contributed by atoms with Crippen LogP contribution in [-0.4, -0.2) is 4.98 Å². The fraction of sp³-hybridized carbons (Fsp3) is 0.500. The van der Waals surface area contributed by atoms with Crippen LogP contribution in [0.1, 0.15) is 38.5 Å². The van der Waals surface area contributed by atoms with Crippen LogP contribution in [0.5, 0.6) is 0 Å². The van der Waals surface area contributed by atoms with Gasteiger partial charge in [-0.3, -0.25) is 0 Å². The second kappa shape index (κ2) is 4.35. The summed E-state index contributed by atoms with van der Waals surface area (Å²) in [5, 5.41) is 0. The van der Waals surface area contributed by atoms with Crippen LogP contribution in [0.3, 0.4) is 0 Å². The Morgan fingerprint density at radius 3 is 3.11 bits per heavy atom. The number of oxazole rings is 1. The number of hydrogen-bond acceptors (Lipinski definition) is 3. The number of benzene rings is 1. The predicted octanol–water partition coefficient (Wildman–Crippen LogP) is 3.95. The molecule has 1 saturated carbocycles. The number of halogens is 1. The van der Waals surface area contributed by atoms with E-state index in [1.165, 1.54) is 6.42 Å². The lowest BCUT2D eigenvalue weighted by molar-refractivity contribution is 0.201. The van der Waals surface area contributed by atoms with E-state index >= 15 is 0 Å². The molecule has 1 aliphatic carbocycles. The van der Waals surface area contributed by atoms with Crippen molar-refractivity contribution >= 4 is 27.0 Å². The Morgan fingerprint density at radius 1 is 1.50 bits per heavy atom. The lowest BCUT2D eigenvalue weighted by atomic mass is 9.77. The first kappa shape index (κ1) is 12.2. The molecule has 96 valence electrons. The minimum absolute atomic E-state index is 0.386. The van der Waals surface area contributed by atoms with E-state index in [2.05, 4.69) is 27.8 Å². The normalized spacial score (nSPS) is 28.7. The molecule has 4 heteroatoms. The maximum absolute atomic E-state index is 6.50. The van der Waals surface area contributed by atoms with Gasteiger partial charge in [0.2, 0.25) is 5.89 Å². The summed E-state index contributed by atoms with van der Waals surface area (Å²) < 4.78 is 6.87. The van der Waals surface area contributed by atoms with Gasteiger partial charge in [0.05, 0.1) is 5.54 Å². The minimum atomic E-state index is -0.386. The van der Waals surface area contributed by atoms with Gasteiger partial charge in [-0.15, -0.1) is 0 Å². The Labute approximate surface area is 115 Å². The van der Waals surface area contributed by atoms with E-state index in [0.717, 1.165) is 34.8 Å². The summed E-state index contributed by atoms with van der Waals surface area (Å²) in [5.41, 5.74) is 7.81. The van der Waals surface area contributed by atoms with E-state index in [0.29, 0.717) is 11.8 Å². The molecule has 0 aliphatic heterocycles. The molecule has 0 saturated heterocycles. The molecule has 0 spiro atoms. The summed E-state index contributed by atoms with van der Waals surface area (Å²) in [6.45, 7) is 2.25.